The maximum atomic E-state index is 12.8. The molecular formula is C45H87N2O6P. The summed E-state index contributed by atoms with van der Waals surface area (Å²) < 4.78 is 22.2. The van der Waals surface area contributed by atoms with Gasteiger partial charge in [-0.25, -0.2) is 4.57 Å². The van der Waals surface area contributed by atoms with Gasteiger partial charge in [0.2, 0.25) is 5.91 Å². The van der Waals surface area contributed by atoms with E-state index in [9.17, 15) is 19.4 Å². The molecule has 5 N–H and O–H groups in total. The van der Waals surface area contributed by atoms with Crippen LogP contribution in [0.2, 0.25) is 0 Å². The minimum atomic E-state index is -4.32. The Labute approximate surface area is 333 Å². The zero-order valence-electron chi connectivity index (χ0n) is 35.2. The predicted octanol–water partition coefficient (Wildman–Crippen LogP) is 12.7. The molecule has 0 heterocycles. The summed E-state index contributed by atoms with van der Waals surface area (Å²) >= 11 is 0. The molecule has 0 aliphatic rings. The summed E-state index contributed by atoms with van der Waals surface area (Å²) in [6, 6.07) is -0.779. The molecule has 0 bridgehead atoms. The maximum absolute atomic E-state index is 12.8. The number of carbonyl (C=O) groups excluding carboxylic acids is 1. The van der Waals surface area contributed by atoms with Crippen molar-refractivity contribution in [2.75, 3.05) is 19.8 Å². The number of aliphatic hydroxyl groups is 1. The largest absolute Gasteiger partial charge is 0.472 e. The van der Waals surface area contributed by atoms with Gasteiger partial charge in [0, 0.05) is 13.0 Å². The number of allylic oxidation sites excluding steroid dienone is 6. The monoisotopic (exact) mass is 783 g/mol. The number of phosphoric acid groups is 1. The van der Waals surface area contributed by atoms with E-state index in [0.717, 1.165) is 64.2 Å². The number of amides is 1. The van der Waals surface area contributed by atoms with Gasteiger partial charge < -0.3 is 21.1 Å². The summed E-state index contributed by atoms with van der Waals surface area (Å²) in [5, 5.41) is 13.8. The first-order chi connectivity index (χ1) is 26.4. The average Bonchev–Trinajstić information content (AvgIpc) is 3.16. The van der Waals surface area contributed by atoms with Crippen LogP contribution in [0.15, 0.2) is 36.5 Å². The highest BCUT2D eigenvalue weighted by Gasteiger charge is 2.27. The standard InChI is InChI=1S/C45H87N2O6P/c1-3-5-7-9-11-13-15-17-19-21-23-24-26-28-30-32-34-36-38-44(48)43(42-53-54(50,51)52-41-40-46)47-45(49)39-37-35-33-31-29-27-25-22-20-18-16-14-12-10-8-6-4-2/h6,8,12,14,18,20,43-44,48H,3-5,7,9-11,13,15-17,19,21-42,46H2,1-2H3,(H,47,49)(H,50,51)/b8-6-,14-12-,20-18-. The summed E-state index contributed by atoms with van der Waals surface area (Å²) in [5.74, 6) is -0.171. The molecule has 0 aromatic heterocycles. The van der Waals surface area contributed by atoms with E-state index in [1.54, 1.807) is 0 Å². The van der Waals surface area contributed by atoms with E-state index in [0.29, 0.717) is 12.8 Å². The summed E-state index contributed by atoms with van der Waals surface area (Å²) in [6.45, 7) is 4.10. The molecule has 9 heteroatoms. The number of rotatable bonds is 42. The van der Waals surface area contributed by atoms with Gasteiger partial charge in [-0.2, -0.15) is 0 Å². The molecule has 0 spiro atoms. The molecule has 0 saturated carbocycles. The Balaban J connectivity index is 4.14. The van der Waals surface area contributed by atoms with E-state index in [1.165, 1.54) is 122 Å². The summed E-state index contributed by atoms with van der Waals surface area (Å²) in [6.07, 6.45) is 48.6. The second kappa shape index (κ2) is 41.4. The fourth-order valence-electron chi connectivity index (χ4n) is 6.62. The Morgan fingerprint density at radius 3 is 1.57 bits per heavy atom. The minimum Gasteiger partial charge on any atom is -0.391 e. The van der Waals surface area contributed by atoms with Crippen LogP contribution in [0.1, 0.15) is 213 Å². The molecule has 54 heavy (non-hydrogen) atoms. The zero-order chi connectivity index (χ0) is 39.6. The van der Waals surface area contributed by atoms with Crippen molar-refractivity contribution in [3.8, 4) is 0 Å². The van der Waals surface area contributed by atoms with E-state index in [4.69, 9.17) is 14.8 Å². The number of hydrogen-bond donors (Lipinski definition) is 4. The van der Waals surface area contributed by atoms with Gasteiger partial charge in [0.1, 0.15) is 0 Å². The van der Waals surface area contributed by atoms with Crippen LogP contribution in [0.3, 0.4) is 0 Å². The lowest BCUT2D eigenvalue weighted by atomic mass is 10.0. The van der Waals surface area contributed by atoms with Crippen molar-refractivity contribution in [3.63, 3.8) is 0 Å². The number of nitrogens with one attached hydrogen (secondary N) is 1. The molecule has 0 rings (SSSR count). The van der Waals surface area contributed by atoms with Gasteiger partial charge in [0.15, 0.2) is 0 Å². The summed E-state index contributed by atoms with van der Waals surface area (Å²) in [5.41, 5.74) is 5.38. The highest BCUT2D eigenvalue weighted by atomic mass is 31.2. The number of aliphatic hydroxyl groups excluding tert-OH is 1. The highest BCUT2D eigenvalue weighted by Crippen LogP contribution is 2.43. The van der Waals surface area contributed by atoms with Crippen molar-refractivity contribution in [1.82, 2.24) is 5.32 Å². The fraction of sp³-hybridized carbons (Fsp3) is 0.844. The molecule has 0 saturated heterocycles. The second-order valence-electron chi connectivity index (χ2n) is 15.2. The molecule has 3 atom stereocenters. The Hall–Kier alpha value is -1.28. The molecule has 0 aromatic carbocycles. The highest BCUT2D eigenvalue weighted by molar-refractivity contribution is 7.47. The van der Waals surface area contributed by atoms with Gasteiger partial charge >= 0.3 is 7.82 Å². The normalized spacial score (nSPS) is 14.4. The van der Waals surface area contributed by atoms with Crippen LogP contribution in [0.25, 0.3) is 0 Å². The van der Waals surface area contributed by atoms with Crippen LogP contribution in [0.4, 0.5) is 0 Å². The molecule has 8 nitrogen and oxygen atoms in total. The van der Waals surface area contributed by atoms with Gasteiger partial charge in [0.05, 0.1) is 25.4 Å². The van der Waals surface area contributed by atoms with Gasteiger partial charge in [0.25, 0.3) is 0 Å². The lowest BCUT2D eigenvalue weighted by molar-refractivity contribution is -0.123. The van der Waals surface area contributed by atoms with Gasteiger partial charge in [-0.15, -0.1) is 0 Å². The number of phosphoric ester groups is 1. The van der Waals surface area contributed by atoms with Crippen molar-refractivity contribution in [1.29, 1.82) is 0 Å². The first kappa shape index (κ1) is 52.7. The van der Waals surface area contributed by atoms with E-state index in [-0.39, 0.29) is 25.7 Å². The van der Waals surface area contributed by atoms with Crippen molar-refractivity contribution >= 4 is 13.7 Å². The number of hydrogen-bond acceptors (Lipinski definition) is 6. The van der Waals surface area contributed by atoms with Crippen LogP contribution >= 0.6 is 7.82 Å². The smallest absolute Gasteiger partial charge is 0.391 e. The summed E-state index contributed by atoms with van der Waals surface area (Å²) in [4.78, 5) is 22.8. The van der Waals surface area contributed by atoms with E-state index in [1.807, 2.05) is 0 Å². The van der Waals surface area contributed by atoms with Crippen LogP contribution < -0.4 is 11.1 Å². The Morgan fingerprint density at radius 2 is 1.07 bits per heavy atom. The SMILES string of the molecule is CC/C=C\C/C=C\C/C=C\CCCCCCCCCC(=O)NC(COP(=O)(O)OCCN)C(O)CCCCCCCCCCCCCCCCCCCC. The zero-order valence-corrected chi connectivity index (χ0v) is 36.1. The van der Waals surface area contributed by atoms with E-state index in [2.05, 4.69) is 55.6 Å². The molecule has 0 radical (unpaired) electrons. The molecule has 3 unspecified atom stereocenters. The van der Waals surface area contributed by atoms with E-state index < -0.39 is 20.0 Å². The van der Waals surface area contributed by atoms with Crippen molar-refractivity contribution in [2.45, 2.75) is 225 Å². The predicted molar refractivity (Wildman–Crippen MR) is 231 cm³/mol. The Bertz CT molecular complexity index is 943. The molecule has 0 fully saturated rings. The fourth-order valence-corrected chi connectivity index (χ4v) is 7.38. The first-order valence-corrected chi connectivity index (χ1v) is 24.1. The number of unbranched alkanes of at least 4 members (excludes halogenated alkanes) is 24. The first-order valence-electron chi connectivity index (χ1n) is 22.6. The van der Waals surface area contributed by atoms with Crippen LogP contribution in [0.5, 0.6) is 0 Å². The number of carbonyl (C=O) groups is 1. The van der Waals surface area contributed by atoms with Gasteiger partial charge in [-0.05, 0) is 44.9 Å². The second-order valence-corrected chi connectivity index (χ2v) is 16.7. The molecule has 318 valence electrons. The molecule has 1 amide bonds. The summed E-state index contributed by atoms with van der Waals surface area (Å²) in [7, 11) is -4.32. The van der Waals surface area contributed by atoms with E-state index >= 15 is 0 Å². The van der Waals surface area contributed by atoms with Crippen LogP contribution in [-0.2, 0) is 18.4 Å². The Morgan fingerprint density at radius 1 is 0.630 bits per heavy atom. The average molecular weight is 783 g/mol. The third-order valence-corrected chi connectivity index (χ3v) is 11.0. The third kappa shape index (κ3) is 39.0. The quantitative estimate of drug-likeness (QED) is 0.0275. The molecule has 0 aromatic rings. The van der Waals surface area contributed by atoms with Gasteiger partial charge in [-0.1, -0.05) is 198 Å². The van der Waals surface area contributed by atoms with Crippen molar-refractivity contribution in [2.24, 2.45) is 5.73 Å². The minimum absolute atomic E-state index is 0.0865. The molecule has 0 aliphatic heterocycles. The van der Waals surface area contributed by atoms with Gasteiger partial charge in [-0.3, -0.25) is 13.8 Å². The molecule has 0 aliphatic carbocycles. The molecular weight excluding hydrogens is 695 g/mol. The lowest BCUT2D eigenvalue weighted by Crippen LogP contribution is -2.46. The lowest BCUT2D eigenvalue weighted by Gasteiger charge is -2.25. The van der Waals surface area contributed by atoms with Crippen LogP contribution in [0, 0.1) is 0 Å². The van der Waals surface area contributed by atoms with Crippen LogP contribution in [-0.4, -0.2) is 47.8 Å². The topological polar surface area (TPSA) is 131 Å². The van der Waals surface area contributed by atoms with Crippen molar-refractivity contribution < 1.29 is 28.4 Å². The van der Waals surface area contributed by atoms with Crippen molar-refractivity contribution in [3.05, 3.63) is 36.5 Å². The maximum Gasteiger partial charge on any atom is 0.472 e. The number of nitrogens with two attached hydrogens (primary N) is 1. The third-order valence-electron chi connectivity index (χ3n) is 10.0. The Kier molecular flexibility index (Phi) is 40.4.